The normalized spacial score (nSPS) is 9.80. The van der Waals surface area contributed by atoms with Crippen molar-refractivity contribution < 1.29 is 18.9 Å². The topological polar surface area (TPSA) is 113 Å². The van der Waals surface area contributed by atoms with Gasteiger partial charge in [-0.15, -0.1) is 0 Å². The predicted molar refractivity (Wildman–Crippen MR) is 90.2 cm³/mol. The van der Waals surface area contributed by atoms with Crippen LogP contribution in [0.2, 0.25) is 0 Å². The summed E-state index contributed by atoms with van der Waals surface area (Å²) in [6.07, 6.45) is 0. The standard InChI is InChI=1S/C15H11FN4O4S/c16-10-7-5-9(6-8-10)13(21)17-15(25)19-18-14(22)11-3-1-2-4-12(11)20(23)24/h1-8H,(H,18,22)(H2,17,19,21,25). The predicted octanol–water partition coefficient (Wildman–Crippen LogP) is 1.68. The van der Waals surface area contributed by atoms with Crippen molar-refractivity contribution in [3.8, 4) is 0 Å². The molecule has 0 heterocycles. The van der Waals surface area contributed by atoms with Gasteiger partial charge in [-0.3, -0.25) is 35.9 Å². The van der Waals surface area contributed by atoms with Crippen molar-refractivity contribution in [1.82, 2.24) is 16.2 Å². The molecule has 0 bridgehead atoms. The van der Waals surface area contributed by atoms with Crippen LogP contribution in [0.5, 0.6) is 0 Å². The molecule has 2 amide bonds. The Bertz CT molecular complexity index is 842. The van der Waals surface area contributed by atoms with Gasteiger partial charge in [0.05, 0.1) is 4.92 Å². The van der Waals surface area contributed by atoms with E-state index in [2.05, 4.69) is 16.2 Å². The highest BCUT2D eigenvalue weighted by Gasteiger charge is 2.19. The maximum atomic E-state index is 12.8. The van der Waals surface area contributed by atoms with Gasteiger partial charge < -0.3 is 0 Å². The van der Waals surface area contributed by atoms with E-state index in [1.54, 1.807) is 0 Å². The molecule has 0 fully saturated rings. The summed E-state index contributed by atoms with van der Waals surface area (Å²) in [5.41, 5.74) is 4.03. The van der Waals surface area contributed by atoms with Gasteiger partial charge in [0.1, 0.15) is 11.4 Å². The maximum absolute atomic E-state index is 12.8. The second-order valence-electron chi connectivity index (χ2n) is 4.64. The van der Waals surface area contributed by atoms with Crippen LogP contribution in [0.3, 0.4) is 0 Å². The first kappa shape index (κ1) is 17.9. The second kappa shape index (κ2) is 7.93. The molecule has 2 aromatic carbocycles. The quantitative estimate of drug-likeness (QED) is 0.435. The number of thiocarbonyl (C=S) groups is 1. The summed E-state index contributed by atoms with van der Waals surface area (Å²) in [7, 11) is 0. The zero-order valence-electron chi connectivity index (χ0n) is 12.5. The van der Waals surface area contributed by atoms with E-state index in [9.17, 15) is 24.1 Å². The van der Waals surface area contributed by atoms with Crippen LogP contribution in [-0.4, -0.2) is 21.9 Å². The summed E-state index contributed by atoms with van der Waals surface area (Å²) in [5, 5.41) is 12.9. The SMILES string of the molecule is O=C(NC(=S)NNC(=O)c1ccccc1[N+](=O)[O-])c1ccc(F)cc1. The average molecular weight is 362 g/mol. The molecule has 0 atom stereocenters. The molecule has 0 saturated carbocycles. The van der Waals surface area contributed by atoms with E-state index in [-0.39, 0.29) is 21.9 Å². The molecular weight excluding hydrogens is 351 g/mol. The van der Waals surface area contributed by atoms with Crippen LogP contribution in [0.1, 0.15) is 20.7 Å². The van der Waals surface area contributed by atoms with Crippen LogP contribution in [-0.2, 0) is 0 Å². The molecule has 0 aliphatic heterocycles. The lowest BCUT2D eigenvalue weighted by molar-refractivity contribution is -0.385. The summed E-state index contributed by atoms with van der Waals surface area (Å²) in [6.45, 7) is 0. The van der Waals surface area contributed by atoms with Gasteiger partial charge in [-0.05, 0) is 42.5 Å². The number of hydrogen-bond donors (Lipinski definition) is 3. The Kier molecular flexibility index (Phi) is 5.69. The van der Waals surface area contributed by atoms with Crippen molar-refractivity contribution in [3.05, 3.63) is 75.6 Å². The molecule has 2 aromatic rings. The zero-order chi connectivity index (χ0) is 18.4. The summed E-state index contributed by atoms with van der Waals surface area (Å²) >= 11 is 4.84. The van der Waals surface area contributed by atoms with E-state index in [4.69, 9.17) is 12.2 Å². The fourth-order valence-corrected chi connectivity index (χ4v) is 1.96. The molecule has 128 valence electrons. The number of amides is 2. The Balaban J connectivity index is 1.94. The van der Waals surface area contributed by atoms with E-state index in [1.807, 2.05) is 0 Å². The smallest absolute Gasteiger partial charge is 0.282 e. The van der Waals surface area contributed by atoms with Gasteiger partial charge in [-0.25, -0.2) is 4.39 Å². The van der Waals surface area contributed by atoms with E-state index in [0.717, 1.165) is 12.1 Å². The van der Waals surface area contributed by atoms with E-state index >= 15 is 0 Å². The van der Waals surface area contributed by atoms with Crippen molar-refractivity contribution in [2.24, 2.45) is 0 Å². The van der Waals surface area contributed by atoms with Gasteiger partial charge in [0, 0.05) is 11.6 Å². The summed E-state index contributed by atoms with van der Waals surface area (Å²) in [4.78, 5) is 34.0. The molecule has 0 spiro atoms. The molecule has 0 saturated heterocycles. The molecule has 3 N–H and O–H groups in total. The van der Waals surface area contributed by atoms with Crippen LogP contribution in [0.4, 0.5) is 10.1 Å². The molecule has 25 heavy (non-hydrogen) atoms. The third kappa shape index (κ3) is 4.78. The molecule has 8 nitrogen and oxygen atoms in total. The number of nitrogens with zero attached hydrogens (tertiary/aromatic N) is 1. The highest BCUT2D eigenvalue weighted by molar-refractivity contribution is 7.80. The van der Waals surface area contributed by atoms with Crippen LogP contribution in [0.15, 0.2) is 48.5 Å². The van der Waals surface area contributed by atoms with Gasteiger partial charge in [0.15, 0.2) is 5.11 Å². The Morgan fingerprint density at radius 3 is 2.28 bits per heavy atom. The van der Waals surface area contributed by atoms with Crippen molar-refractivity contribution in [3.63, 3.8) is 0 Å². The Morgan fingerprint density at radius 1 is 1.00 bits per heavy atom. The lowest BCUT2D eigenvalue weighted by Crippen LogP contribution is -2.48. The molecule has 10 heteroatoms. The molecule has 0 aliphatic carbocycles. The number of hydrogen-bond acceptors (Lipinski definition) is 5. The van der Waals surface area contributed by atoms with Crippen LogP contribution >= 0.6 is 12.2 Å². The summed E-state index contributed by atoms with van der Waals surface area (Å²) in [6, 6.07) is 10.1. The van der Waals surface area contributed by atoms with Gasteiger partial charge in [-0.2, -0.15) is 0 Å². The molecule has 2 rings (SSSR count). The monoisotopic (exact) mass is 362 g/mol. The van der Waals surface area contributed by atoms with Gasteiger partial charge in [-0.1, -0.05) is 12.1 Å². The van der Waals surface area contributed by atoms with E-state index in [0.29, 0.717) is 0 Å². The number of rotatable bonds is 3. The number of carbonyl (C=O) groups excluding carboxylic acids is 2. The van der Waals surface area contributed by atoms with E-state index < -0.39 is 22.6 Å². The Labute approximate surface area is 146 Å². The number of nitrogens with one attached hydrogen (secondary N) is 3. The fourth-order valence-electron chi connectivity index (χ4n) is 1.81. The van der Waals surface area contributed by atoms with Crippen molar-refractivity contribution in [2.45, 2.75) is 0 Å². The first-order valence-corrected chi connectivity index (χ1v) is 7.20. The van der Waals surface area contributed by atoms with E-state index in [1.165, 1.54) is 36.4 Å². The highest BCUT2D eigenvalue weighted by Crippen LogP contribution is 2.16. The average Bonchev–Trinajstić information content (AvgIpc) is 2.60. The minimum absolute atomic E-state index is 0.163. The number of halogens is 1. The highest BCUT2D eigenvalue weighted by atomic mass is 32.1. The first-order valence-electron chi connectivity index (χ1n) is 6.79. The molecule has 0 unspecified atom stereocenters. The van der Waals surface area contributed by atoms with Crippen molar-refractivity contribution in [2.75, 3.05) is 0 Å². The minimum atomic E-state index is -0.800. The largest absolute Gasteiger partial charge is 0.298 e. The first-order chi connectivity index (χ1) is 11.9. The lowest BCUT2D eigenvalue weighted by Gasteiger charge is -2.11. The van der Waals surface area contributed by atoms with Gasteiger partial charge in [0.2, 0.25) is 0 Å². The molecule has 0 radical (unpaired) electrons. The second-order valence-corrected chi connectivity index (χ2v) is 5.05. The Hall–Kier alpha value is -3.40. The third-order valence-electron chi connectivity index (χ3n) is 2.97. The summed E-state index contributed by atoms with van der Waals surface area (Å²) < 4.78 is 12.8. The molecule has 0 aromatic heterocycles. The van der Waals surface area contributed by atoms with Crippen LogP contribution in [0.25, 0.3) is 0 Å². The number of nitro benzene ring substituents is 1. The van der Waals surface area contributed by atoms with Gasteiger partial charge in [0.25, 0.3) is 17.5 Å². The maximum Gasteiger partial charge on any atom is 0.282 e. The van der Waals surface area contributed by atoms with Crippen molar-refractivity contribution >= 4 is 34.8 Å². The molecule has 0 aliphatic rings. The fraction of sp³-hybridized carbons (Fsp3) is 0. The van der Waals surface area contributed by atoms with Crippen LogP contribution < -0.4 is 16.2 Å². The number of hydrazine groups is 1. The number of carbonyl (C=O) groups is 2. The van der Waals surface area contributed by atoms with Crippen LogP contribution in [0, 0.1) is 15.9 Å². The number of nitro groups is 1. The number of benzene rings is 2. The zero-order valence-corrected chi connectivity index (χ0v) is 13.3. The summed E-state index contributed by atoms with van der Waals surface area (Å²) in [5.74, 6) is -1.91. The minimum Gasteiger partial charge on any atom is -0.298 e. The lowest BCUT2D eigenvalue weighted by atomic mass is 10.2. The van der Waals surface area contributed by atoms with Gasteiger partial charge >= 0.3 is 0 Å². The number of para-hydroxylation sites is 1. The molecular formula is C15H11FN4O4S. The third-order valence-corrected chi connectivity index (χ3v) is 3.17. The van der Waals surface area contributed by atoms with Crippen molar-refractivity contribution in [1.29, 1.82) is 0 Å². The Morgan fingerprint density at radius 2 is 1.64 bits per heavy atom.